The van der Waals surface area contributed by atoms with Crippen LogP contribution in [0.1, 0.15) is 27.7 Å². The van der Waals surface area contributed by atoms with Crippen molar-refractivity contribution < 1.29 is 9.18 Å². The van der Waals surface area contributed by atoms with Crippen molar-refractivity contribution in [3.05, 3.63) is 143 Å². The van der Waals surface area contributed by atoms with Gasteiger partial charge < -0.3 is 5.32 Å². The van der Waals surface area contributed by atoms with E-state index in [1.165, 1.54) is 12.1 Å². The van der Waals surface area contributed by atoms with Gasteiger partial charge in [0.15, 0.2) is 0 Å². The third-order valence-corrected chi connectivity index (χ3v) is 6.16. The van der Waals surface area contributed by atoms with Gasteiger partial charge in [0.05, 0.1) is 17.4 Å². The molecule has 1 heterocycles. The van der Waals surface area contributed by atoms with Crippen molar-refractivity contribution in [1.29, 1.82) is 0 Å². The molecule has 36 heavy (non-hydrogen) atoms. The predicted molar refractivity (Wildman–Crippen MR) is 141 cm³/mol. The zero-order valence-corrected chi connectivity index (χ0v) is 20.1. The summed E-state index contributed by atoms with van der Waals surface area (Å²) in [6.45, 7) is 0. The smallest absolute Gasteiger partial charge is 0.270 e. The Bertz CT molecular complexity index is 1470. The average Bonchev–Trinajstić information content (AvgIpc) is 3.36. The highest BCUT2D eigenvalue weighted by Gasteiger charge is 2.22. The zero-order chi connectivity index (χ0) is 24.9. The topological polar surface area (TPSA) is 46.9 Å². The van der Waals surface area contributed by atoms with Crippen LogP contribution < -0.4 is 5.32 Å². The van der Waals surface area contributed by atoms with E-state index in [-0.39, 0.29) is 17.8 Å². The Balaban J connectivity index is 1.53. The molecule has 4 nitrogen and oxygen atoms in total. The van der Waals surface area contributed by atoms with Crippen LogP contribution in [0.2, 0.25) is 5.02 Å². The van der Waals surface area contributed by atoms with Gasteiger partial charge in [-0.1, -0.05) is 78.3 Å². The van der Waals surface area contributed by atoms with Gasteiger partial charge >= 0.3 is 0 Å². The van der Waals surface area contributed by atoms with Crippen LogP contribution in [0.3, 0.4) is 0 Å². The Morgan fingerprint density at radius 2 is 1.56 bits per heavy atom. The summed E-state index contributed by atoms with van der Waals surface area (Å²) in [4.78, 5) is 13.7. The maximum Gasteiger partial charge on any atom is 0.270 e. The molecule has 1 aromatic heterocycles. The molecule has 1 unspecified atom stereocenters. The predicted octanol–water partition coefficient (Wildman–Crippen LogP) is 7.05. The standard InChI is InChI=1S/C30H23ClFN3O/c31-24-12-7-13-26(19-24)35-29(20-28(34-35)23-14-16-25(32)17-15-23)30(36)33-27(22-10-5-2-6-11-22)18-21-8-3-1-4-9-21/h1-17,19-20,27H,18H2,(H,33,36). The summed E-state index contributed by atoms with van der Waals surface area (Å²) >= 11 is 6.24. The van der Waals surface area contributed by atoms with Gasteiger partial charge in [-0.3, -0.25) is 4.79 Å². The fourth-order valence-corrected chi connectivity index (χ4v) is 4.31. The van der Waals surface area contributed by atoms with Gasteiger partial charge in [0.1, 0.15) is 11.5 Å². The molecular weight excluding hydrogens is 473 g/mol. The van der Waals surface area contributed by atoms with Crippen molar-refractivity contribution in [3.63, 3.8) is 0 Å². The molecule has 4 aromatic carbocycles. The summed E-state index contributed by atoms with van der Waals surface area (Å²) in [5.74, 6) is -0.613. The van der Waals surface area contributed by atoms with Crippen LogP contribution in [-0.4, -0.2) is 15.7 Å². The zero-order valence-electron chi connectivity index (χ0n) is 19.3. The molecule has 0 radical (unpaired) electrons. The monoisotopic (exact) mass is 495 g/mol. The minimum Gasteiger partial charge on any atom is -0.344 e. The molecule has 0 bridgehead atoms. The summed E-state index contributed by atoms with van der Waals surface area (Å²) < 4.78 is 15.1. The lowest BCUT2D eigenvalue weighted by Crippen LogP contribution is -2.31. The number of aromatic nitrogens is 2. The molecule has 0 aliphatic rings. The van der Waals surface area contributed by atoms with E-state index in [0.29, 0.717) is 34.1 Å². The van der Waals surface area contributed by atoms with Crippen LogP contribution in [0.15, 0.2) is 115 Å². The third kappa shape index (κ3) is 5.37. The normalized spacial score (nSPS) is 11.7. The van der Waals surface area contributed by atoms with Crippen LogP contribution in [0.4, 0.5) is 4.39 Å². The Labute approximate surface area is 214 Å². The van der Waals surface area contributed by atoms with Crippen molar-refractivity contribution >= 4 is 17.5 Å². The summed E-state index contributed by atoms with van der Waals surface area (Å²) in [5.41, 5.74) is 4.38. The quantitative estimate of drug-likeness (QED) is 0.263. The highest BCUT2D eigenvalue weighted by molar-refractivity contribution is 6.30. The molecule has 0 aliphatic heterocycles. The highest BCUT2D eigenvalue weighted by Crippen LogP contribution is 2.25. The highest BCUT2D eigenvalue weighted by atomic mass is 35.5. The van der Waals surface area contributed by atoms with E-state index in [0.717, 1.165) is 11.1 Å². The molecule has 178 valence electrons. The lowest BCUT2D eigenvalue weighted by Gasteiger charge is -2.20. The molecule has 0 spiro atoms. The van der Waals surface area contributed by atoms with Gasteiger partial charge in [-0.15, -0.1) is 0 Å². The number of benzene rings is 4. The number of rotatable bonds is 7. The molecule has 0 aliphatic carbocycles. The second-order valence-corrected chi connectivity index (χ2v) is 8.88. The molecule has 6 heteroatoms. The Morgan fingerprint density at radius 1 is 0.861 bits per heavy atom. The van der Waals surface area contributed by atoms with E-state index in [9.17, 15) is 9.18 Å². The Morgan fingerprint density at radius 3 is 2.25 bits per heavy atom. The van der Waals surface area contributed by atoms with E-state index < -0.39 is 0 Å². The first-order chi connectivity index (χ1) is 17.6. The SMILES string of the molecule is O=C(NC(Cc1ccccc1)c1ccccc1)c1cc(-c2ccc(F)cc2)nn1-c1cccc(Cl)c1. The first kappa shape index (κ1) is 23.5. The first-order valence-electron chi connectivity index (χ1n) is 11.6. The van der Waals surface area contributed by atoms with Crippen LogP contribution in [0, 0.1) is 5.82 Å². The van der Waals surface area contributed by atoms with Crippen molar-refractivity contribution in [2.45, 2.75) is 12.5 Å². The van der Waals surface area contributed by atoms with Crippen LogP contribution >= 0.6 is 11.6 Å². The number of amides is 1. The maximum absolute atomic E-state index is 13.7. The van der Waals surface area contributed by atoms with E-state index in [1.807, 2.05) is 66.7 Å². The molecule has 0 saturated heterocycles. The molecule has 0 fully saturated rings. The largest absolute Gasteiger partial charge is 0.344 e. The number of carbonyl (C=O) groups is 1. The van der Waals surface area contributed by atoms with Crippen LogP contribution in [-0.2, 0) is 6.42 Å². The number of hydrogen-bond acceptors (Lipinski definition) is 2. The van der Waals surface area contributed by atoms with E-state index in [4.69, 9.17) is 11.6 Å². The first-order valence-corrected chi connectivity index (χ1v) is 12.0. The molecule has 0 saturated carbocycles. The van der Waals surface area contributed by atoms with Crippen LogP contribution in [0.5, 0.6) is 0 Å². The van der Waals surface area contributed by atoms with Gasteiger partial charge in [0, 0.05) is 10.6 Å². The van der Waals surface area contributed by atoms with Crippen molar-refractivity contribution in [2.75, 3.05) is 0 Å². The van der Waals surface area contributed by atoms with Crippen molar-refractivity contribution in [3.8, 4) is 16.9 Å². The molecule has 1 amide bonds. The number of hydrogen-bond donors (Lipinski definition) is 1. The summed E-state index contributed by atoms with van der Waals surface area (Å²) in [7, 11) is 0. The lowest BCUT2D eigenvalue weighted by molar-refractivity contribution is 0.0928. The summed E-state index contributed by atoms with van der Waals surface area (Å²) in [5, 5.41) is 8.42. The van der Waals surface area contributed by atoms with E-state index in [2.05, 4.69) is 10.4 Å². The number of halogens is 2. The molecule has 1 atom stereocenters. The number of nitrogens with one attached hydrogen (secondary N) is 1. The molecule has 5 aromatic rings. The molecule has 1 N–H and O–H groups in total. The Kier molecular flexibility index (Phi) is 6.92. The lowest BCUT2D eigenvalue weighted by atomic mass is 9.98. The Hall–Kier alpha value is -4.22. The van der Waals surface area contributed by atoms with E-state index in [1.54, 1.807) is 41.1 Å². The fourth-order valence-electron chi connectivity index (χ4n) is 4.13. The summed E-state index contributed by atoms with van der Waals surface area (Å²) in [6, 6.07) is 34.6. The molecular formula is C30H23ClFN3O. The maximum atomic E-state index is 13.7. The second-order valence-electron chi connectivity index (χ2n) is 8.44. The van der Waals surface area contributed by atoms with E-state index >= 15 is 0 Å². The number of nitrogens with zero attached hydrogens (tertiary/aromatic N) is 2. The summed E-state index contributed by atoms with van der Waals surface area (Å²) in [6.07, 6.45) is 0.632. The fraction of sp³-hybridized carbons (Fsp3) is 0.0667. The second kappa shape index (κ2) is 10.6. The van der Waals surface area contributed by atoms with Gasteiger partial charge in [-0.05, 0) is 66.1 Å². The van der Waals surface area contributed by atoms with Crippen molar-refractivity contribution in [1.82, 2.24) is 15.1 Å². The van der Waals surface area contributed by atoms with Gasteiger partial charge in [-0.2, -0.15) is 5.10 Å². The van der Waals surface area contributed by atoms with Crippen molar-refractivity contribution in [2.24, 2.45) is 0 Å². The minimum atomic E-state index is -0.336. The van der Waals surface area contributed by atoms with Gasteiger partial charge in [0.25, 0.3) is 5.91 Å². The average molecular weight is 496 g/mol. The minimum absolute atomic E-state index is 0.252. The third-order valence-electron chi connectivity index (χ3n) is 5.92. The van der Waals surface area contributed by atoms with Crippen LogP contribution in [0.25, 0.3) is 16.9 Å². The number of carbonyl (C=O) groups excluding carboxylic acids is 1. The van der Waals surface area contributed by atoms with Gasteiger partial charge in [0.2, 0.25) is 0 Å². The molecule has 5 rings (SSSR count). The van der Waals surface area contributed by atoms with Gasteiger partial charge in [-0.25, -0.2) is 9.07 Å².